The maximum absolute atomic E-state index is 12.1. The van der Waals surface area contributed by atoms with E-state index < -0.39 is 5.56 Å². The minimum Gasteiger partial charge on any atom is -0.422 e. The molecule has 3 aromatic rings. The molecule has 0 radical (unpaired) electrons. The Balaban J connectivity index is 1.95. The van der Waals surface area contributed by atoms with Gasteiger partial charge in [0.2, 0.25) is 0 Å². The van der Waals surface area contributed by atoms with E-state index >= 15 is 0 Å². The maximum Gasteiger partial charge on any atom is 0.295 e. The molecule has 0 aliphatic rings. The number of halogens is 1. The molecule has 0 atom stereocenters. The SMILES string of the molecule is CC(=NNc1nc2ccccc2c(=O)n1O)c1ccc(Br)cc1. The Morgan fingerprint density at radius 3 is 2.65 bits per heavy atom. The summed E-state index contributed by atoms with van der Waals surface area (Å²) in [6.45, 7) is 1.82. The molecule has 2 N–H and O–H groups in total. The molecule has 6 nitrogen and oxygen atoms in total. The van der Waals surface area contributed by atoms with Crippen molar-refractivity contribution in [3.05, 3.63) is 68.9 Å². The van der Waals surface area contributed by atoms with E-state index in [1.807, 2.05) is 31.2 Å². The molecule has 3 rings (SSSR count). The predicted octanol–water partition coefficient (Wildman–Crippen LogP) is 3.23. The third-order valence-electron chi connectivity index (χ3n) is 3.34. The van der Waals surface area contributed by atoms with Crippen LogP contribution in [0.15, 0.2) is 62.9 Å². The zero-order valence-electron chi connectivity index (χ0n) is 12.2. The van der Waals surface area contributed by atoms with Gasteiger partial charge in [-0.3, -0.25) is 4.79 Å². The molecular formula is C16H13BrN4O2. The number of rotatable bonds is 3. The zero-order chi connectivity index (χ0) is 16.4. The van der Waals surface area contributed by atoms with E-state index in [2.05, 4.69) is 31.4 Å². The van der Waals surface area contributed by atoms with Crippen molar-refractivity contribution in [2.45, 2.75) is 6.92 Å². The molecule has 0 amide bonds. The van der Waals surface area contributed by atoms with Crippen LogP contribution in [0.5, 0.6) is 0 Å². The predicted molar refractivity (Wildman–Crippen MR) is 93.2 cm³/mol. The van der Waals surface area contributed by atoms with E-state index in [4.69, 9.17) is 0 Å². The molecule has 0 aliphatic heterocycles. The second-order valence-corrected chi connectivity index (χ2v) is 5.80. The lowest BCUT2D eigenvalue weighted by Crippen LogP contribution is -2.22. The number of nitrogens with zero attached hydrogens (tertiary/aromatic N) is 3. The van der Waals surface area contributed by atoms with E-state index in [1.54, 1.807) is 24.3 Å². The summed E-state index contributed by atoms with van der Waals surface area (Å²) < 4.78 is 1.43. The largest absolute Gasteiger partial charge is 0.422 e. The van der Waals surface area contributed by atoms with Gasteiger partial charge in [0.25, 0.3) is 11.5 Å². The fourth-order valence-electron chi connectivity index (χ4n) is 2.09. The Morgan fingerprint density at radius 2 is 1.91 bits per heavy atom. The van der Waals surface area contributed by atoms with Crippen LogP contribution in [0.3, 0.4) is 0 Å². The van der Waals surface area contributed by atoms with Gasteiger partial charge in [0.1, 0.15) is 0 Å². The first-order valence-corrected chi connectivity index (χ1v) is 7.63. The topological polar surface area (TPSA) is 79.5 Å². The fourth-order valence-corrected chi connectivity index (χ4v) is 2.35. The highest BCUT2D eigenvalue weighted by molar-refractivity contribution is 9.10. The highest BCUT2D eigenvalue weighted by Gasteiger charge is 2.09. The van der Waals surface area contributed by atoms with E-state index in [-0.39, 0.29) is 5.95 Å². The molecule has 0 saturated carbocycles. The summed E-state index contributed by atoms with van der Waals surface area (Å²) in [4.78, 5) is 16.3. The first kappa shape index (κ1) is 15.2. The van der Waals surface area contributed by atoms with Crippen LogP contribution in [0.2, 0.25) is 0 Å². The zero-order valence-corrected chi connectivity index (χ0v) is 13.8. The minimum absolute atomic E-state index is 0.0369. The van der Waals surface area contributed by atoms with Gasteiger partial charge in [-0.25, -0.2) is 10.4 Å². The van der Waals surface area contributed by atoms with Gasteiger partial charge in [0.05, 0.1) is 16.6 Å². The molecule has 0 unspecified atom stereocenters. The Hall–Kier alpha value is -2.67. The quantitative estimate of drug-likeness (QED) is 0.420. The lowest BCUT2D eigenvalue weighted by atomic mass is 10.1. The van der Waals surface area contributed by atoms with Crippen molar-refractivity contribution in [3.8, 4) is 0 Å². The van der Waals surface area contributed by atoms with Crippen molar-refractivity contribution in [3.63, 3.8) is 0 Å². The van der Waals surface area contributed by atoms with Crippen LogP contribution in [-0.4, -0.2) is 20.6 Å². The first-order valence-electron chi connectivity index (χ1n) is 6.83. The fraction of sp³-hybridized carbons (Fsp3) is 0.0625. The molecule has 0 aliphatic carbocycles. The van der Waals surface area contributed by atoms with Crippen LogP contribution in [0.4, 0.5) is 5.95 Å². The molecule has 0 spiro atoms. The molecule has 1 aromatic heterocycles. The smallest absolute Gasteiger partial charge is 0.295 e. The molecule has 2 aromatic carbocycles. The van der Waals surface area contributed by atoms with Gasteiger partial charge in [0, 0.05) is 4.47 Å². The number of benzene rings is 2. The van der Waals surface area contributed by atoms with Gasteiger partial charge >= 0.3 is 0 Å². The van der Waals surface area contributed by atoms with Gasteiger partial charge in [0.15, 0.2) is 0 Å². The average molecular weight is 373 g/mol. The number of fused-ring (bicyclic) bond motifs is 1. The van der Waals surface area contributed by atoms with Gasteiger partial charge in [-0.15, -0.1) is 4.73 Å². The second kappa shape index (κ2) is 6.21. The maximum atomic E-state index is 12.1. The average Bonchev–Trinajstić information content (AvgIpc) is 2.57. The van der Waals surface area contributed by atoms with Crippen LogP contribution in [0, 0.1) is 0 Å². The number of anilines is 1. The van der Waals surface area contributed by atoms with E-state index in [0.29, 0.717) is 21.3 Å². The normalized spacial score (nSPS) is 11.7. The van der Waals surface area contributed by atoms with Gasteiger partial charge < -0.3 is 5.21 Å². The molecule has 23 heavy (non-hydrogen) atoms. The Bertz CT molecular complexity index is 948. The van der Waals surface area contributed by atoms with Crippen LogP contribution in [0.1, 0.15) is 12.5 Å². The number of hydrogen-bond donors (Lipinski definition) is 2. The minimum atomic E-state index is -0.547. The van der Waals surface area contributed by atoms with Gasteiger partial charge in [-0.2, -0.15) is 5.10 Å². The second-order valence-electron chi connectivity index (χ2n) is 4.89. The van der Waals surface area contributed by atoms with Crippen LogP contribution < -0.4 is 11.0 Å². The van der Waals surface area contributed by atoms with E-state index in [9.17, 15) is 10.0 Å². The van der Waals surface area contributed by atoms with E-state index in [1.165, 1.54) is 0 Å². The van der Waals surface area contributed by atoms with Crippen molar-refractivity contribution in [2.24, 2.45) is 5.10 Å². The lowest BCUT2D eigenvalue weighted by molar-refractivity contribution is 0.179. The lowest BCUT2D eigenvalue weighted by Gasteiger charge is -2.07. The van der Waals surface area contributed by atoms with Crippen molar-refractivity contribution < 1.29 is 5.21 Å². The van der Waals surface area contributed by atoms with Crippen LogP contribution >= 0.6 is 15.9 Å². The molecule has 0 fully saturated rings. The summed E-state index contributed by atoms with van der Waals surface area (Å²) in [6, 6.07) is 14.4. The van der Waals surface area contributed by atoms with Crippen molar-refractivity contribution in [2.75, 3.05) is 5.43 Å². The standard InChI is InChI=1S/C16H13BrN4O2/c1-10(11-6-8-12(17)9-7-11)19-20-16-18-14-5-3-2-4-13(14)15(22)21(16)23/h2-9,23H,1H3,(H,18,20). The van der Waals surface area contributed by atoms with Gasteiger partial charge in [-0.1, -0.05) is 40.2 Å². The van der Waals surface area contributed by atoms with Crippen molar-refractivity contribution >= 4 is 38.5 Å². The number of nitrogens with one attached hydrogen (secondary N) is 1. The van der Waals surface area contributed by atoms with E-state index in [0.717, 1.165) is 10.0 Å². The summed E-state index contributed by atoms with van der Waals surface area (Å²) in [5.41, 5.74) is 4.18. The first-order chi connectivity index (χ1) is 11.1. The molecule has 0 saturated heterocycles. The summed E-state index contributed by atoms with van der Waals surface area (Å²) >= 11 is 3.37. The molecular weight excluding hydrogens is 360 g/mol. The molecule has 116 valence electrons. The van der Waals surface area contributed by atoms with Gasteiger partial charge in [-0.05, 0) is 36.8 Å². The summed E-state index contributed by atoms with van der Waals surface area (Å²) in [6.07, 6.45) is 0. The highest BCUT2D eigenvalue weighted by Crippen LogP contribution is 2.12. The third-order valence-corrected chi connectivity index (χ3v) is 3.87. The van der Waals surface area contributed by atoms with Crippen LogP contribution in [0.25, 0.3) is 10.9 Å². The number of aromatic nitrogens is 2. The highest BCUT2D eigenvalue weighted by atomic mass is 79.9. The van der Waals surface area contributed by atoms with Crippen molar-refractivity contribution in [1.29, 1.82) is 0 Å². The summed E-state index contributed by atoms with van der Waals surface area (Å²) in [5, 5.41) is 14.4. The molecule has 0 bridgehead atoms. The van der Waals surface area contributed by atoms with Crippen LogP contribution in [-0.2, 0) is 0 Å². The monoisotopic (exact) mass is 372 g/mol. The number of hydrogen-bond acceptors (Lipinski definition) is 5. The summed E-state index contributed by atoms with van der Waals surface area (Å²) in [5.74, 6) is -0.0369. The molecule has 7 heteroatoms. The Kier molecular flexibility index (Phi) is 4.12. The number of para-hydroxylation sites is 1. The Morgan fingerprint density at radius 1 is 1.22 bits per heavy atom. The van der Waals surface area contributed by atoms with Crippen molar-refractivity contribution in [1.82, 2.24) is 9.71 Å². The Labute approximate surface area is 140 Å². The summed E-state index contributed by atoms with van der Waals surface area (Å²) in [7, 11) is 0. The molecule has 1 heterocycles. The third kappa shape index (κ3) is 3.09. The number of hydrazone groups is 1.